The van der Waals surface area contributed by atoms with E-state index in [2.05, 4.69) is 12.2 Å². The highest BCUT2D eigenvalue weighted by molar-refractivity contribution is 7.80. The average Bonchev–Trinajstić information content (AvgIpc) is 2.64. The van der Waals surface area contributed by atoms with Gasteiger partial charge in [0.05, 0.1) is 11.8 Å². The Hall–Kier alpha value is -1.86. The minimum Gasteiger partial charge on any atom is -0.465 e. The van der Waals surface area contributed by atoms with Gasteiger partial charge in [0.25, 0.3) is 0 Å². The molecule has 0 saturated carbocycles. The van der Waals surface area contributed by atoms with E-state index >= 15 is 0 Å². The molecule has 0 fully saturated rings. The first-order valence-corrected chi connectivity index (χ1v) is 4.26. The van der Waals surface area contributed by atoms with Crippen molar-refractivity contribution in [3.05, 3.63) is 41.9 Å². The Balaban J connectivity index is 2.71. The van der Waals surface area contributed by atoms with Crippen LogP contribution in [0.1, 0.15) is 5.76 Å². The highest BCUT2D eigenvalue weighted by atomic mass is 32.1. The summed E-state index contributed by atoms with van der Waals surface area (Å²) < 4.78 is 5.05. The third kappa shape index (κ3) is 2.88. The summed E-state index contributed by atoms with van der Waals surface area (Å²) in [5.41, 5.74) is 5.57. The van der Waals surface area contributed by atoms with Crippen molar-refractivity contribution in [3.63, 3.8) is 0 Å². The van der Waals surface area contributed by atoms with Gasteiger partial charge < -0.3 is 10.2 Å². The molecule has 1 aromatic rings. The third-order valence-corrected chi connectivity index (χ3v) is 1.67. The van der Waals surface area contributed by atoms with Gasteiger partial charge in [-0.15, -0.1) is 0 Å². The number of nitrogens with two attached hydrogens (primary N) is 1. The number of furan rings is 1. The molecular weight excluding hydrogens is 196 g/mol. The number of rotatable bonds is 3. The molecule has 0 amide bonds. The van der Waals surface area contributed by atoms with E-state index < -0.39 is 0 Å². The van der Waals surface area contributed by atoms with Gasteiger partial charge in [0, 0.05) is 0 Å². The fraction of sp³-hybridized carbons (Fsp3) is 0. The molecule has 14 heavy (non-hydrogen) atoms. The molecule has 0 aliphatic rings. The van der Waals surface area contributed by atoms with Gasteiger partial charge in [0.15, 0.2) is 0 Å². The SMILES string of the molecule is N#C/C(=C/C=C/c1ccco1)C(N)=S. The van der Waals surface area contributed by atoms with Crippen LogP contribution in [0, 0.1) is 11.3 Å². The van der Waals surface area contributed by atoms with Gasteiger partial charge in [-0.05, 0) is 24.3 Å². The van der Waals surface area contributed by atoms with Crippen molar-refractivity contribution in [2.45, 2.75) is 0 Å². The monoisotopic (exact) mass is 204 g/mol. The molecule has 0 atom stereocenters. The molecule has 0 aromatic carbocycles. The van der Waals surface area contributed by atoms with Crippen LogP contribution in [0.3, 0.4) is 0 Å². The molecule has 0 spiro atoms. The van der Waals surface area contributed by atoms with Crippen LogP contribution in [-0.2, 0) is 0 Å². The quantitative estimate of drug-likeness (QED) is 0.354. The summed E-state index contributed by atoms with van der Waals surface area (Å²) in [7, 11) is 0. The zero-order valence-electron chi connectivity index (χ0n) is 7.31. The Labute approximate surface area is 87.1 Å². The van der Waals surface area contributed by atoms with Crippen LogP contribution in [0.2, 0.25) is 0 Å². The number of hydrogen-bond acceptors (Lipinski definition) is 3. The number of nitrogens with zero attached hydrogens (tertiary/aromatic N) is 1. The van der Waals surface area contributed by atoms with Crippen LogP contribution >= 0.6 is 12.2 Å². The lowest BCUT2D eigenvalue weighted by molar-refractivity contribution is 0.557. The molecule has 2 N–H and O–H groups in total. The lowest BCUT2D eigenvalue weighted by Gasteiger charge is -1.89. The van der Waals surface area contributed by atoms with Crippen LogP contribution < -0.4 is 5.73 Å². The first kappa shape index (κ1) is 10.2. The molecule has 3 nitrogen and oxygen atoms in total. The summed E-state index contributed by atoms with van der Waals surface area (Å²) in [5.74, 6) is 0.710. The summed E-state index contributed by atoms with van der Waals surface area (Å²) in [5, 5.41) is 8.61. The molecule has 70 valence electrons. The molecule has 1 aromatic heterocycles. The Kier molecular flexibility index (Phi) is 3.65. The maximum atomic E-state index is 8.61. The smallest absolute Gasteiger partial charge is 0.126 e. The molecular formula is C10H8N2OS. The normalized spacial score (nSPS) is 11.5. The highest BCUT2D eigenvalue weighted by Crippen LogP contribution is 2.03. The van der Waals surface area contributed by atoms with E-state index in [9.17, 15) is 0 Å². The summed E-state index contributed by atoms with van der Waals surface area (Å²) in [6, 6.07) is 5.48. The zero-order chi connectivity index (χ0) is 10.4. The first-order chi connectivity index (χ1) is 6.74. The molecule has 1 rings (SSSR count). The summed E-state index contributed by atoms with van der Waals surface area (Å²) in [4.78, 5) is 0.0941. The van der Waals surface area contributed by atoms with Crippen LogP contribution in [0.4, 0.5) is 0 Å². The van der Waals surface area contributed by atoms with Gasteiger partial charge in [-0.2, -0.15) is 5.26 Å². The van der Waals surface area contributed by atoms with Crippen molar-refractivity contribution in [1.82, 2.24) is 0 Å². The summed E-state index contributed by atoms with van der Waals surface area (Å²) >= 11 is 4.66. The highest BCUT2D eigenvalue weighted by Gasteiger charge is 1.95. The van der Waals surface area contributed by atoms with Crippen molar-refractivity contribution in [3.8, 4) is 6.07 Å². The molecule has 1 heterocycles. The average molecular weight is 204 g/mol. The van der Waals surface area contributed by atoms with Crippen LogP contribution in [0.15, 0.2) is 40.5 Å². The standard InChI is InChI=1S/C10H8N2OS/c11-7-8(10(12)14)3-1-4-9-5-2-6-13-9/h1-6H,(H2,12,14)/b4-1+,8-3-. The van der Waals surface area contributed by atoms with Crippen molar-refractivity contribution in [2.24, 2.45) is 5.73 Å². The second kappa shape index (κ2) is 5.00. The minimum absolute atomic E-state index is 0.0941. The van der Waals surface area contributed by atoms with Gasteiger partial charge in [-0.25, -0.2) is 0 Å². The van der Waals surface area contributed by atoms with E-state index in [0.717, 1.165) is 0 Å². The van der Waals surface area contributed by atoms with E-state index in [-0.39, 0.29) is 10.6 Å². The topological polar surface area (TPSA) is 63.0 Å². The fourth-order valence-electron chi connectivity index (χ4n) is 0.800. The Morgan fingerprint density at radius 1 is 1.64 bits per heavy atom. The van der Waals surface area contributed by atoms with Crippen molar-refractivity contribution < 1.29 is 4.42 Å². The minimum atomic E-state index is 0.0941. The molecule has 0 saturated heterocycles. The maximum Gasteiger partial charge on any atom is 0.126 e. The van der Waals surface area contributed by atoms with Gasteiger partial charge in [0.2, 0.25) is 0 Å². The van der Waals surface area contributed by atoms with Crippen LogP contribution in [0.25, 0.3) is 6.08 Å². The van der Waals surface area contributed by atoms with Crippen molar-refractivity contribution >= 4 is 23.3 Å². The van der Waals surface area contributed by atoms with Gasteiger partial charge >= 0.3 is 0 Å². The van der Waals surface area contributed by atoms with E-state index in [4.69, 9.17) is 15.4 Å². The maximum absolute atomic E-state index is 8.61. The molecule has 4 heteroatoms. The molecule has 0 aliphatic heterocycles. The lowest BCUT2D eigenvalue weighted by atomic mass is 10.2. The summed E-state index contributed by atoms with van der Waals surface area (Å²) in [6.07, 6.45) is 6.50. The summed E-state index contributed by atoms with van der Waals surface area (Å²) in [6.45, 7) is 0. The predicted molar refractivity (Wildman–Crippen MR) is 58.2 cm³/mol. The predicted octanol–water partition coefficient (Wildman–Crippen LogP) is 2.03. The van der Waals surface area contributed by atoms with Gasteiger partial charge in [-0.1, -0.05) is 18.3 Å². The third-order valence-electron chi connectivity index (χ3n) is 1.45. The number of nitriles is 1. The van der Waals surface area contributed by atoms with E-state index in [1.807, 2.05) is 6.07 Å². The molecule has 0 bridgehead atoms. The van der Waals surface area contributed by atoms with E-state index in [1.54, 1.807) is 36.6 Å². The molecule has 0 aliphatic carbocycles. The van der Waals surface area contributed by atoms with E-state index in [1.165, 1.54) is 0 Å². The second-order valence-electron chi connectivity index (χ2n) is 2.43. The Morgan fingerprint density at radius 2 is 2.43 bits per heavy atom. The largest absolute Gasteiger partial charge is 0.465 e. The zero-order valence-corrected chi connectivity index (χ0v) is 8.12. The van der Waals surface area contributed by atoms with Crippen molar-refractivity contribution in [2.75, 3.05) is 0 Å². The Morgan fingerprint density at radius 3 is 2.93 bits per heavy atom. The van der Waals surface area contributed by atoms with Crippen LogP contribution in [0.5, 0.6) is 0 Å². The molecule has 0 radical (unpaired) electrons. The van der Waals surface area contributed by atoms with Gasteiger partial charge in [0.1, 0.15) is 16.8 Å². The lowest BCUT2D eigenvalue weighted by Crippen LogP contribution is -2.09. The van der Waals surface area contributed by atoms with Gasteiger partial charge in [-0.3, -0.25) is 0 Å². The Bertz CT molecular complexity index is 410. The number of hydrogen-bond donors (Lipinski definition) is 1. The van der Waals surface area contributed by atoms with Crippen molar-refractivity contribution in [1.29, 1.82) is 5.26 Å². The second-order valence-corrected chi connectivity index (χ2v) is 2.87. The molecule has 0 unspecified atom stereocenters. The number of allylic oxidation sites excluding steroid dienone is 2. The van der Waals surface area contributed by atoms with Crippen LogP contribution in [-0.4, -0.2) is 4.99 Å². The first-order valence-electron chi connectivity index (χ1n) is 3.86. The fourth-order valence-corrected chi connectivity index (χ4v) is 0.913. The number of thiocarbonyl (C=S) groups is 1. The van der Waals surface area contributed by atoms with E-state index in [0.29, 0.717) is 5.76 Å².